The number of nitrogens with two attached hydrogens (primary N) is 1. The molecule has 2 heterocycles. The van der Waals surface area contributed by atoms with Crippen molar-refractivity contribution in [3.05, 3.63) is 28.0 Å². The second kappa shape index (κ2) is 5.87. The predicted octanol–water partition coefficient (Wildman–Crippen LogP) is 2.09. The lowest BCUT2D eigenvalue weighted by Crippen LogP contribution is -2.40. The summed E-state index contributed by atoms with van der Waals surface area (Å²) in [5.41, 5.74) is 6.09. The molecule has 6 heteroatoms. The van der Waals surface area contributed by atoms with E-state index < -0.39 is 0 Å². The zero-order valence-electron chi connectivity index (χ0n) is 9.90. The maximum absolute atomic E-state index is 11.2. The fourth-order valence-electron chi connectivity index (χ4n) is 2.21. The first-order chi connectivity index (χ1) is 8.56. The van der Waals surface area contributed by atoms with Gasteiger partial charge in [-0.3, -0.25) is 9.69 Å². The number of piperidine rings is 1. The van der Waals surface area contributed by atoms with Crippen molar-refractivity contribution in [2.75, 3.05) is 13.1 Å². The minimum absolute atomic E-state index is 0.0725. The molecule has 1 saturated heterocycles. The van der Waals surface area contributed by atoms with Gasteiger partial charge in [-0.15, -0.1) is 0 Å². The second-order valence-electron chi connectivity index (χ2n) is 4.54. The van der Waals surface area contributed by atoms with Gasteiger partial charge in [-0.1, -0.05) is 23.2 Å². The number of halogens is 2. The molecule has 1 amide bonds. The van der Waals surface area contributed by atoms with Crippen molar-refractivity contribution in [3.8, 4) is 0 Å². The van der Waals surface area contributed by atoms with E-state index in [0.29, 0.717) is 23.3 Å². The van der Waals surface area contributed by atoms with E-state index in [1.165, 1.54) is 0 Å². The Morgan fingerprint density at radius 1 is 1.50 bits per heavy atom. The van der Waals surface area contributed by atoms with E-state index in [1.54, 1.807) is 12.1 Å². The number of hydrogen-bond acceptors (Lipinski definition) is 3. The topological polar surface area (TPSA) is 59.2 Å². The van der Waals surface area contributed by atoms with Crippen molar-refractivity contribution in [1.29, 1.82) is 0 Å². The minimum atomic E-state index is -0.232. The van der Waals surface area contributed by atoms with Gasteiger partial charge < -0.3 is 5.73 Å². The van der Waals surface area contributed by atoms with Gasteiger partial charge in [0.2, 0.25) is 5.91 Å². The molecule has 0 bridgehead atoms. The Hall–Kier alpha value is -0.840. The Morgan fingerprint density at radius 3 is 3.00 bits per heavy atom. The van der Waals surface area contributed by atoms with E-state index in [0.717, 1.165) is 25.1 Å². The summed E-state index contributed by atoms with van der Waals surface area (Å²) in [4.78, 5) is 17.6. The molecule has 18 heavy (non-hydrogen) atoms. The maximum Gasteiger partial charge on any atom is 0.221 e. The fourth-order valence-corrected chi connectivity index (χ4v) is 2.54. The second-order valence-corrected chi connectivity index (χ2v) is 5.33. The molecule has 0 saturated carbocycles. The molecule has 1 aliphatic rings. The van der Waals surface area contributed by atoms with Crippen LogP contribution in [-0.2, 0) is 11.3 Å². The van der Waals surface area contributed by atoms with Crippen molar-refractivity contribution in [3.63, 3.8) is 0 Å². The molecule has 4 nitrogen and oxygen atoms in total. The van der Waals surface area contributed by atoms with Crippen LogP contribution in [-0.4, -0.2) is 28.9 Å². The molecule has 1 aromatic rings. The molecule has 1 aromatic heterocycles. The standard InChI is InChI=1S/C12H15Cl2N3O/c13-9-3-4-11(14)16-10(9)7-17-5-1-2-8(6-17)12(15)18/h3-4,8H,1-2,5-7H2,(H2,15,18). The average molecular weight is 288 g/mol. The summed E-state index contributed by atoms with van der Waals surface area (Å²) in [5, 5.41) is 1.03. The van der Waals surface area contributed by atoms with E-state index in [9.17, 15) is 4.79 Å². The third kappa shape index (κ3) is 3.34. The van der Waals surface area contributed by atoms with Crippen LogP contribution in [0, 0.1) is 5.92 Å². The summed E-state index contributed by atoms with van der Waals surface area (Å²) in [6, 6.07) is 3.40. The minimum Gasteiger partial charge on any atom is -0.369 e. The number of nitrogens with zero attached hydrogens (tertiary/aromatic N) is 2. The first-order valence-corrected chi connectivity index (χ1v) is 6.64. The van der Waals surface area contributed by atoms with Crippen molar-refractivity contribution < 1.29 is 4.79 Å². The van der Waals surface area contributed by atoms with Crippen LogP contribution in [0.1, 0.15) is 18.5 Å². The summed E-state index contributed by atoms with van der Waals surface area (Å²) in [6.45, 7) is 2.19. The zero-order chi connectivity index (χ0) is 13.1. The number of likely N-dealkylation sites (tertiary alicyclic amines) is 1. The number of carbonyl (C=O) groups is 1. The number of aromatic nitrogens is 1. The summed E-state index contributed by atoms with van der Waals surface area (Å²) in [5.74, 6) is -0.304. The summed E-state index contributed by atoms with van der Waals surface area (Å²) in [7, 11) is 0. The molecule has 0 aliphatic carbocycles. The highest BCUT2D eigenvalue weighted by Crippen LogP contribution is 2.22. The smallest absolute Gasteiger partial charge is 0.221 e. The third-order valence-electron chi connectivity index (χ3n) is 3.17. The van der Waals surface area contributed by atoms with E-state index in [-0.39, 0.29) is 11.8 Å². The van der Waals surface area contributed by atoms with Gasteiger partial charge in [0.25, 0.3) is 0 Å². The Balaban J connectivity index is 2.04. The Kier molecular flexibility index (Phi) is 4.43. The van der Waals surface area contributed by atoms with Gasteiger partial charge in [-0.25, -0.2) is 4.98 Å². The lowest BCUT2D eigenvalue weighted by molar-refractivity contribution is -0.123. The lowest BCUT2D eigenvalue weighted by atomic mass is 9.97. The molecule has 2 N–H and O–H groups in total. The first-order valence-electron chi connectivity index (χ1n) is 5.89. The molecule has 2 rings (SSSR count). The van der Waals surface area contributed by atoms with Crippen LogP contribution in [0.15, 0.2) is 12.1 Å². The Labute approximate surface area is 116 Å². The van der Waals surface area contributed by atoms with Crippen molar-refractivity contribution in [2.45, 2.75) is 19.4 Å². The molecule has 1 fully saturated rings. The largest absolute Gasteiger partial charge is 0.369 e. The molecule has 0 radical (unpaired) electrons. The van der Waals surface area contributed by atoms with Crippen molar-refractivity contribution in [1.82, 2.24) is 9.88 Å². The average Bonchev–Trinajstić information content (AvgIpc) is 2.34. The monoisotopic (exact) mass is 287 g/mol. The number of carbonyl (C=O) groups excluding carboxylic acids is 1. The molecule has 98 valence electrons. The molecular formula is C12H15Cl2N3O. The van der Waals surface area contributed by atoms with Gasteiger partial charge in [0.1, 0.15) is 5.15 Å². The van der Waals surface area contributed by atoms with Gasteiger partial charge in [-0.2, -0.15) is 0 Å². The summed E-state index contributed by atoms with van der Waals surface area (Å²) >= 11 is 11.9. The van der Waals surface area contributed by atoms with E-state index in [4.69, 9.17) is 28.9 Å². The van der Waals surface area contributed by atoms with Gasteiger partial charge in [-0.05, 0) is 31.5 Å². The molecule has 1 unspecified atom stereocenters. The molecular weight excluding hydrogens is 273 g/mol. The number of amides is 1. The van der Waals surface area contributed by atoms with Gasteiger partial charge in [0.15, 0.2) is 0 Å². The normalized spacial score (nSPS) is 20.9. The number of pyridine rings is 1. The lowest BCUT2D eigenvalue weighted by Gasteiger charge is -2.30. The van der Waals surface area contributed by atoms with Crippen LogP contribution >= 0.6 is 23.2 Å². The van der Waals surface area contributed by atoms with Crippen molar-refractivity contribution in [2.24, 2.45) is 11.7 Å². The molecule has 0 aromatic carbocycles. The SMILES string of the molecule is NC(=O)C1CCCN(Cc2nc(Cl)ccc2Cl)C1. The Bertz CT molecular complexity index is 453. The van der Waals surface area contributed by atoms with Crippen LogP contribution in [0.3, 0.4) is 0 Å². The van der Waals surface area contributed by atoms with Crippen LogP contribution in [0.5, 0.6) is 0 Å². The van der Waals surface area contributed by atoms with E-state index in [2.05, 4.69) is 9.88 Å². The predicted molar refractivity (Wildman–Crippen MR) is 71.5 cm³/mol. The zero-order valence-corrected chi connectivity index (χ0v) is 11.4. The first kappa shape index (κ1) is 13.6. The fraction of sp³-hybridized carbons (Fsp3) is 0.500. The summed E-state index contributed by atoms with van der Waals surface area (Å²) < 4.78 is 0. The maximum atomic E-state index is 11.2. The summed E-state index contributed by atoms with van der Waals surface area (Å²) in [6.07, 6.45) is 1.83. The molecule has 1 aliphatic heterocycles. The highest BCUT2D eigenvalue weighted by atomic mass is 35.5. The number of rotatable bonds is 3. The molecule has 1 atom stereocenters. The van der Waals surface area contributed by atoms with Crippen LogP contribution < -0.4 is 5.73 Å². The van der Waals surface area contributed by atoms with Crippen LogP contribution in [0.2, 0.25) is 10.2 Å². The van der Waals surface area contributed by atoms with Crippen molar-refractivity contribution >= 4 is 29.1 Å². The highest BCUT2D eigenvalue weighted by Gasteiger charge is 2.24. The Morgan fingerprint density at radius 2 is 2.28 bits per heavy atom. The number of primary amides is 1. The van der Waals surface area contributed by atoms with E-state index >= 15 is 0 Å². The quantitative estimate of drug-likeness (QED) is 0.866. The third-order valence-corrected chi connectivity index (χ3v) is 3.72. The van der Waals surface area contributed by atoms with Gasteiger partial charge in [0.05, 0.1) is 16.6 Å². The van der Waals surface area contributed by atoms with Gasteiger partial charge >= 0.3 is 0 Å². The highest BCUT2D eigenvalue weighted by molar-refractivity contribution is 6.32. The molecule has 0 spiro atoms. The van der Waals surface area contributed by atoms with E-state index in [1.807, 2.05) is 0 Å². The van der Waals surface area contributed by atoms with Crippen LogP contribution in [0.25, 0.3) is 0 Å². The van der Waals surface area contributed by atoms with Gasteiger partial charge in [0, 0.05) is 13.1 Å². The number of hydrogen-bond donors (Lipinski definition) is 1. The van der Waals surface area contributed by atoms with Crippen LogP contribution in [0.4, 0.5) is 0 Å².